The van der Waals surface area contributed by atoms with Crippen LogP contribution in [0.1, 0.15) is 59.3 Å². The van der Waals surface area contributed by atoms with Crippen LogP contribution in [0.3, 0.4) is 0 Å². The normalized spacial score (nSPS) is 15.1. The van der Waals surface area contributed by atoms with Crippen molar-refractivity contribution in [1.29, 1.82) is 0 Å². The number of aryl methyl sites for hydroxylation is 2. The van der Waals surface area contributed by atoms with Crippen LogP contribution in [0.5, 0.6) is 0 Å². The number of hydrogen-bond acceptors (Lipinski definition) is 5. The highest BCUT2D eigenvalue weighted by molar-refractivity contribution is 5.92. The molecule has 0 unspecified atom stereocenters. The summed E-state index contributed by atoms with van der Waals surface area (Å²) >= 11 is 0. The van der Waals surface area contributed by atoms with Crippen LogP contribution in [0.2, 0.25) is 0 Å². The van der Waals surface area contributed by atoms with Crippen LogP contribution < -0.4 is 0 Å². The Morgan fingerprint density at radius 1 is 1.17 bits per heavy atom. The number of amides is 1. The van der Waals surface area contributed by atoms with E-state index in [-0.39, 0.29) is 11.9 Å². The fourth-order valence-electron chi connectivity index (χ4n) is 4.53. The lowest BCUT2D eigenvalue weighted by molar-refractivity contribution is 0.0582. The molecule has 0 spiro atoms. The highest BCUT2D eigenvalue weighted by Gasteiger charge is 2.29. The maximum atomic E-state index is 13.3. The molecule has 3 heterocycles. The third-order valence-corrected chi connectivity index (χ3v) is 6.31. The lowest BCUT2D eigenvalue weighted by Crippen LogP contribution is -2.41. The van der Waals surface area contributed by atoms with Crippen LogP contribution in [-0.2, 0) is 6.54 Å². The van der Waals surface area contributed by atoms with Gasteiger partial charge >= 0.3 is 0 Å². The van der Waals surface area contributed by atoms with Crippen LogP contribution in [0.15, 0.2) is 41.0 Å². The van der Waals surface area contributed by atoms with Crippen LogP contribution in [0.4, 0.5) is 0 Å². The first kappa shape index (κ1) is 18.8. The number of pyridine rings is 1. The summed E-state index contributed by atoms with van der Waals surface area (Å²) in [4.78, 5) is 15.3. The van der Waals surface area contributed by atoms with Crippen molar-refractivity contribution in [3.8, 4) is 0 Å². The number of nitrogens with zero attached hydrogens (tertiary/aromatic N) is 5. The Labute approximate surface area is 174 Å². The molecule has 7 heteroatoms. The zero-order valence-electron chi connectivity index (χ0n) is 17.3. The lowest BCUT2D eigenvalue weighted by Gasteiger charge is -2.34. The van der Waals surface area contributed by atoms with Gasteiger partial charge in [0, 0.05) is 17.0 Å². The van der Waals surface area contributed by atoms with Gasteiger partial charge in [-0.15, -0.1) is 5.10 Å². The zero-order chi connectivity index (χ0) is 20.7. The monoisotopic (exact) mass is 403 g/mol. The van der Waals surface area contributed by atoms with Gasteiger partial charge in [-0.05, 0) is 78.6 Å². The number of fused-ring (bicyclic) bond motifs is 3. The summed E-state index contributed by atoms with van der Waals surface area (Å²) in [5, 5.41) is 13.5. The van der Waals surface area contributed by atoms with Gasteiger partial charge < -0.3 is 9.32 Å². The molecule has 3 aromatic heterocycles. The highest BCUT2D eigenvalue weighted by atomic mass is 16.3. The van der Waals surface area contributed by atoms with E-state index in [1.807, 2.05) is 4.90 Å². The molecule has 1 amide bonds. The number of carbonyl (C=O) groups is 1. The van der Waals surface area contributed by atoms with E-state index >= 15 is 0 Å². The van der Waals surface area contributed by atoms with Crippen molar-refractivity contribution >= 4 is 22.5 Å². The lowest BCUT2D eigenvalue weighted by atomic mass is 9.93. The zero-order valence-corrected chi connectivity index (χ0v) is 17.3. The molecule has 30 heavy (non-hydrogen) atoms. The molecule has 154 valence electrons. The van der Waals surface area contributed by atoms with Gasteiger partial charge in [-0.1, -0.05) is 19.3 Å². The summed E-state index contributed by atoms with van der Waals surface area (Å²) in [7, 11) is 0. The number of furan rings is 1. The molecule has 1 aliphatic rings. The minimum absolute atomic E-state index is 0.0716. The van der Waals surface area contributed by atoms with Crippen LogP contribution in [-0.4, -0.2) is 36.9 Å². The smallest absolute Gasteiger partial charge is 0.290 e. The number of rotatable bonds is 4. The maximum absolute atomic E-state index is 13.3. The molecule has 0 saturated heterocycles. The van der Waals surface area contributed by atoms with Crippen molar-refractivity contribution in [2.75, 3.05) is 0 Å². The maximum Gasteiger partial charge on any atom is 0.290 e. The van der Waals surface area contributed by atoms with Crippen LogP contribution >= 0.6 is 0 Å². The Hall–Kier alpha value is -3.22. The van der Waals surface area contributed by atoms with E-state index < -0.39 is 0 Å². The molecular formula is C23H25N5O2. The van der Waals surface area contributed by atoms with E-state index in [2.05, 4.69) is 47.6 Å². The van der Waals surface area contributed by atoms with Crippen molar-refractivity contribution in [2.24, 2.45) is 0 Å². The summed E-state index contributed by atoms with van der Waals surface area (Å²) in [5.74, 6) is 0.307. The Morgan fingerprint density at radius 3 is 2.73 bits per heavy atom. The first-order valence-corrected chi connectivity index (χ1v) is 10.6. The van der Waals surface area contributed by atoms with E-state index in [1.165, 1.54) is 17.5 Å². The third kappa shape index (κ3) is 3.24. The van der Waals surface area contributed by atoms with Crippen molar-refractivity contribution in [1.82, 2.24) is 24.9 Å². The fourth-order valence-corrected chi connectivity index (χ4v) is 4.53. The standard InChI is InChI=1S/C23H25N5O2/c1-15-11-17-13-18(22-24-25-26-28(22)20(17)12-16(15)2)14-27(19-7-4-3-5-8-19)23(29)21-9-6-10-30-21/h6,9-13,19H,3-5,7-8,14H2,1-2H3. The number of carbonyl (C=O) groups excluding carboxylic acids is 1. The molecule has 4 aromatic rings. The van der Waals surface area contributed by atoms with Crippen molar-refractivity contribution in [3.63, 3.8) is 0 Å². The minimum atomic E-state index is -0.0716. The molecule has 1 saturated carbocycles. The molecule has 1 aliphatic carbocycles. The Kier molecular flexibility index (Phi) is 4.73. The van der Waals surface area contributed by atoms with Crippen LogP contribution in [0.25, 0.3) is 16.6 Å². The van der Waals surface area contributed by atoms with Crippen LogP contribution in [0, 0.1) is 13.8 Å². The number of tetrazole rings is 1. The molecule has 0 bridgehead atoms. The summed E-state index contributed by atoms with van der Waals surface area (Å²) in [6.07, 6.45) is 7.09. The molecule has 0 N–H and O–H groups in total. The highest BCUT2D eigenvalue weighted by Crippen LogP contribution is 2.28. The average molecular weight is 403 g/mol. The Bertz CT molecular complexity index is 1210. The van der Waals surface area contributed by atoms with Gasteiger partial charge in [0.15, 0.2) is 11.4 Å². The van der Waals surface area contributed by atoms with Gasteiger partial charge in [0.25, 0.3) is 5.91 Å². The molecule has 0 atom stereocenters. The second-order valence-electron chi connectivity index (χ2n) is 8.28. The van der Waals surface area contributed by atoms with E-state index in [0.29, 0.717) is 18.0 Å². The molecule has 1 aromatic carbocycles. The molecule has 0 radical (unpaired) electrons. The first-order valence-electron chi connectivity index (χ1n) is 10.6. The van der Waals surface area contributed by atoms with E-state index in [0.717, 1.165) is 42.1 Å². The summed E-state index contributed by atoms with van der Waals surface area (Å²) in [6.45, 7) is 4.65. The second kappa shape index (κ2) is 7.55. The fraction of sp³-hybridized carbons (Fsp3) is 0.391. The topological polar surface area (TPSA) is 76.5 Å². The van der Waals surface area contributed by atoms with E-state index in [9.17, 15) is 4.79 Å². The van der Waals surface area contributed by atoms with Gasteiger partial charge in [0.1, 0.15) is 0 Å². The average Bonchev–Trinajstić information content (AvgIpc) is 3.46. The minimum Gasteiger partial charge on any atom is -0.459 e. The molecule has 0 aliphatic heterocycles. The molecule has 5 rings (SSSR count). The molecule has 1 fully saturated rings. The summed E-state index contributed by atoms with van der Waals surface area (Å²) < 4.78 is 7.22. The molecular weight excluding hydrogens is 378 g/mol. The molecule has 7 nitrogen and oxygen atoms in total. The Balaban J connectivity index is 1.60. The predicted molar refractivity (Wildman–Crippen MR) is 113 cm³/mol. The number of aromatic nitrogens is 4. The van der Waals surface area contributed by atoms with Gasteiger partial charge in [-0.25, -0.2) is 0 Å². The van der Waals surface area contributed by atoms with Crippen molar-refractivity contribution < 1.29 is 9.21 Å². The van der Waals surface area contributed by atoms with Gasteiger partial charge in [0.05, 0.1) is 18.3 Å². The quantitative estimate of drug-likeness (QED) is 0.503. The van der Waals surface area contributed by atoms with Crippen molar-refractivity contribution in [3.05, 3.63) is 59.0 Å². The first-order chi connectivity index (χ1) is 14.6. The largest absolute Gasteiger partial charge is 0.459 e. The SMILES string of the molecule is Cc1cc2cc(CN(C(=O)c3ccco3)C3CCCCC3)c3nnnn3c2cc1C. The summed E-state index contributed by atoms with van der Waals surface area (Å²) in [5.41, 5.74) is 5.03. The Morgan fingerprint density at radius 2 is 1.97 bits per heavy atom. The van der Waals surface area contributed by atoms with Gasteiger partial charge in [-0.2, -0.15) is 4.52 Å². The van der Waals surface area contributed by atoms with E-state index in [4.69, 9.17) is 4.42 Å². The predicted octanol–water partition coefficient (Wildman–Crippen LogP) is 4.46. The second-order valence-corrected chi connectivity index (χ2v) is 8.28. The van der Waals surface area contributed by atoms with Crippen molar-refractivity contribution in [2.45, 2.75) is 58.5 Å². The number of hydrogen-bond donors (Lipinski definition) is 0. The van der Waals surface area contributed by atoms with E-state index in [1.54, 1.807) is 22.9 Å². The number of benzene rings is 1. The summed E-state index contributed by atoms with van der Waals surface area (Å²) in [6, 6.07) is 10.1. The van der Waals surface area contributed by atoms with Gasteiger partial charge in [0.2, 0.25) is 0 Å². The van der Waals surface area contributed by atoms with Gasteiger partial charge in [-0.3, -0.25) is 4.79 Å². The third-order valence-electron chi connectivity index (χ3n) is 6.31.